The molecular weight excluding hydrogens is 230 g/mol. The van der Waals surface area contributed by atoms with E-state index in [4.69, 9.17) is 0 Å². The van der Waals surface area contributed by atoms with Crippen molar-refractivity contribution in [2.45, 2.75) is 33.1 Å². The van der Waals surface area contributed by atoms with Crippen LogP contribution in [0.1, 0.15) is 31.9 Å². The van der Waals surface area contributed by atoms with Gasteiger partial charge >= 0.3 is 4.87 Å². The second kappa shape index (κ2) is 4.15. The van der Waals surface area contributed by atoms with Crippen molar-refractivity contribution in [2.75, 3.05) is 0 Å². The van der Waals surface area contributed by atoms with Crippen molar-refractivity contribution >= 4 is 11.3 Å². The number of thiazole rings is 1. The number of rotatable bonds is 1. The molecule has 17 heavy (non-hydrogen) atoms. The van der Waals surface area contributed by atoms with Gasteiger partial charge < -0.3 is 4.98 Å². The lowest BCUT2D eigenvalue weighted by molar-refractivity contribution is 0.590. The molecule has 90 valence electrons. The molecule has 0 amide bonds. The van der Waals surface area contributed by atoms with E-state index in [0.717, 1.165) is 11.3 Å². The Balaban J connectivity index is 2.58. The molecule has 2 nitrogen and oxygen atoms in total. The van der Waals surface area contributed by atoms with Gasteiger partial charge in [-0.2, -0.15) is 0 Å². The Morgan fingerprint density at radius 3 is 2.47 bits per heavy atom. The first kappa shape index (κ1) is 12.1. The van der Waals surface area contributed by atoms with Gasteiger partial charge in [-0.15, -0.1) is 0 Å². The van der Waals surface area contributed by atoms with Gasteiger partial charge in [-0.3, -0.25) is 4.79 Å². The molecule has 3 heteroatoms. The summed E-state index contributed by atoms with van der Waals surface area (Å²) in [5.41, 5.74) is 4.63. The van der Waals surface area contributed by atoms with Crippen LogP contribution in [-0.4, -0.2) is 4.98 Å². The summed E-state index contributed by atoms with van der Waals surface area (Å²) >= 11 is 1.21. The first-order valence-corrected chi connectivity index (χ1v) is 6.55. The van der Waals surface area contributed by atoms with Crippen LogP contribution in [0, 0.1) is 6.92 Å². The van der Waals surface area contributed by atoms with E-state index >= 15 is 0 Å². The molecule has 0 radical (unpaired) electrons. The monoisotopic (exact) mass is 247 g/mol. The Labute approximate surface area is 105 Å². The summed E-state index contributed by atoms with van der Waals surface area (Å²) in [5, 5.41) is 1.89. The Kier molecular flexibility index (Phi) is 2.96. The van der Waals surface area contributed by atoms with E-state index in [1.165, 1.54) is 22.5 Å². The third-order valence-corrected chi connectivity index (χ3v) is 3.58. The minimum atomic E-state index is 0.000520. The molecule has 0 aliphatic heterocycles. The summed E-state index contributed by atoms with van der Waals surface area (Å²) in [6.07, 6.45) is 0. The quantitative estimate of drug-likeness (QED) is 0.818. The maximum Gasteiger partial charge on any atom is 0.304 e. The number of hydrogen-bond acceptors (Lipinski definition) is 2. The molecule has 2 aromatic rings. The Bertz CT molecular complexity index is 587. The van der Waals surface area contributed by atoms with Gasteiger partial charge in [-0.05, 0) is 29.5 Å². The zero-order valence-electron chi connectivity index (χ0n) is 10.6. The van der Waals surface area contributed by atoms with Gasteiger partial charge in [0.2, 0.25) is 0 Å². The number of aromatic nitrogens is 1. The lowest BCUT2D eigenvalue weighted by Gasteiger charge is -2.20. The SMILES string of the molecule is Cc1ccc(C(C)(C)C)cc1-c1csc(=O)[nH]1. The molecule has 0 fully saturated rings. The lowest BCUT2D eigenvalue weighted by atomic mass is 9.85. The van der Waals surface area contributed by atoms with Crippen LogP contribution in [0.5, 0.6) is 0 Å². The van der Waals surface area contributed by atoms with Gasteiger partial charge in [0.25, 0.3) is 0 Å². The van der Waals surface area contributed by atoms with E-state index in [0.29, 0.717) is 0 Å². The summed E-state index contributed by atoms with van der Waals surface area (Å²) in [5.74, 6) is 0. The summed E-state index contributed by atoms with van der Waals surface area (Å²) in [7, 11) is 0. The van der Waals surface area contributed by atoms with Crippen LogP contribution in [0.4, 0.5) is 0 Å². The van der Waals surface area contributed by atoms with Crippen molar-refractivity contribution in [3.8, 4) is 11.3 Å². The second-order valence-corrected chi connectivity index (χ2v) is 6.18. The van der Waals surface area contributed by atoms with Crippen LogP contribution in [0.15, 0.2) is 28.4 Å². The first-order chi connectivity index (χ1) is 7.88. The van der Waals surface area contributed by atoms with E-state index in [-0.39, 0.29) is 10.3 Å². The zero-order chi connectivity index (χ0) is 12.6. The maximum atomic E-state index is 11.2. The van der Waals surface area contributed by atoms with Crippen molar-refractivity contribution < 1.29 is 0 Å². The largest absolute Gasteiger partial charge is 0.312 e. The molecule has 1 heterocycles. The van der Waals surface area contributed by atoms with Gasteiger partial charge in [0.05, 0.1) is 5.69 Å². The molecule has 0 saturated carbocycles. The summed E-state index contributed by atoms with van der Waals surface area (Å²) < 4.78 is 0. The average Bonchev–Trinajstić information content (AvgIpc) is 2.63. The predicted molar refractivity (Wildman–Crippen MR) is 73.8 cm³/mol. The highest BCUT2D eigenvalue weighted by Gasteiger charge is 2.15. The minimum absolute atomic E-state index is 0.000520. The van der Waals surface area contributed by atoms with E-state index in [1.807, 2.05) is 5.38 Å². The summed E-state index contributed by atoms with van der Waals surface area (Å²) in [6, 6.07) is 6.45. The zero-order valence-corrected chi connectivity index (χ0v) is 11.4. The summed E-state index contributed by atoms with van der Waals surface area (Å²) in [4.78, 5) is 14.1. The van der Waals surface area contributed by atoms with Crippen molar-refractivity contribution in [1.82, 2.24) is 4.98 Å². The van der Waals surface area contributed by atoms with Gasteiger partial charge in [0, 0.05) is 10.9 Å². The maximum absolute atomic E-state index is 11.2. The fourth-order valence-corrected chi connectivity index (χ4v) is 2.37. The van der Waals surface area contributed by atoms with Crippen LogP contribution in [0.25, 0.3) is 11.3 Å². The van der Waals surface area contributed by atoms with E-state index in [2.05, 4.69) is 50.9 Å². The van der Waals surface area contributed by atoms with Crippen molar-refractivity contribution in [3.63, 3.8) is 0 Å². The van der Waals surface area contributed by atoms with Crippen LogP contribution in [0.2, 0.25) is 0 Å². The van der Waals surface area contributed by atoms with Crippen LogP contribution >= 0.6 is 11.3 Å². The molecule has 2 rings (SSSR count). The predicted octanol–water partition coefficient (Wildman–Crippen LogP) is 3.71. The highest BCUT2D eigenvalue weighted by atomic mass is 32.1. The Morgan fingerprint density at radius 1 is 1.24 bits per heavy atom. The Hall–Kier alpha value is -1.35. The number of aryl methyl sites for hydroxylation is 1. The van der Waals surface area contributed by atoms with E-state index < -0.39 is 0 Å². The molecule has 0 aliphatic carbocycles. The van der Waals surface area contributed by atoms with Gasteiger partial charge in [0.1, 0.15) is 0 Å². The van der Waals surface area contributed by atoms with Crippen molar-refractivity contribution in [2.24, 2.45) is 0 Å². The molecule has 1 aromatic heterocycles. The van der Waals surface area contributed by atoms with Crippen LogP contribution < -0.4 is 4.87 Å². The summed E-state index contributed by atoms with van der Waals surface area (Å²) in [6.45, 7) is 8.64. The number of nitrogens with one attached hydrogen (secondary N) is 1. The molecule has 1 aromatic carbocycles. The normalized spacial score (nSPS) is 11.8. The third-order valence-electron chi connectivity index (χ3n) is 2.91. The molecule has 0 aliphatic rings. The van der Waals surface area contributed by atoms with Crippen LogP contribution in [-0.2, 0) is 5.41 Å². The third kappa shape index (κ3) is 2.50. The van der Waals surface area contributed by atoms with Gasteiger partial charge in [0.15, 0.2) is 0 Å². The molecule has 0 atom stereocenters. The number of aromatic amines is 1. The topological polar surface area (TPSA) is 32.9 Å². The second-order valence-electron chi connectivity index (χ2n) is 5.34. The highest BCUT2D eigenvalue weighted by molar-refractivity contribution is 7.07. The number of benzene rings is 1. The number of H-pyrrole nitrogens is 1. The molecule has 1 N–H and O–H groups in total. The fourth-order valence-electron chi connectivity index (χ4n) is 1.79. The van der Waals surface area contributed by atoms with Gasteiger partial charge in [-0.1, -0.05) is 44.2 Å². The number of hydrogen-bond donors (Lipinski definition) is 1. The molecule has 0 bridgehead atoms. The first-order valence-electron chi connectivity index (χ1n) is 5.67. The standard InChI is InChI=1S/C14H17NOS/c1-9-5-6-10(14(2,3)4)7-11(9)12-8-17-13(16)15-12/h5-8H,1-4H3,(H,15,16). The smallest absolute Gasteiger partial charge is 0.304 e. The van der Waals surface area contributed by atoms with Gasteiger partial charge in [-0.25, -0.2) is 0 Å². The molecular formula is C14H17NOS. The molecule has 0 unspecified atom stereocenters. The minimum Gasteiger partial charge on any atom is -0.312 e. The average molecular weight is 247 g/mol. The van der Waals surface area contributed by atoms with E-state index in [9.17, 15) is 4.79 Å². The van der Waals surface area contributed by atoms with Crippen molar-refractivity contribution in [1.29, 1.82) is 0 Å². The highest BCUT2D eigenvalue weighted by Crippen LogP contribution is 2.29. The molecule has 0 saturated heterocycles. The fraction of sp³-hybridized carbons (Fsp3) is 0.357. The lowest BCUT2D eigenvalue weighted by Crippen LogP contribution is -2.11. The Morgan fingerprint density at radius 2 is 1.94 bits per heavy atom. The molecule has 0 spiro atoms. The van der Waals surface area contributed by atoms with Crippen LogP contribution in [0.3, 0.4) is 0 Å². The van der Waals surface area contributed by atoms with E-state index in [1.54, 1.807) is 0 Å². The van der Waals surface area contributed by atoms with Crippen molar-refractivity contribution in [3.05, 3.63) is 44.4 Å².